The molecular formula is C12H16N4. The van der Waals surface area contributed by atoms with Gasteiger partial charge in [0.15, 0.2) is 5.82 Å². The standard InChI is InChI=1S/C12H16N4/c1-2-10-16-12(13-14-15-16)9-8-11-6-4-3-5-7-11/h3-7H,2,8-10H2,1H3. The Morgan fingerprint density at radius 2 is 1.94 bits per heavy atom. The van der Waals surface area contributed by atoms with Crippen LogP contribution in [0.15, 0.2) is 30.3 Å². The molecule has 0 bridgehead atoms. The molecule has 1 heterocycles. The summed E-state index contributed by atoms with van der Waals surface area (Å²) in [6.07, 6.45) is 2.95. The number of aryl methyl sites for hydroxylation is 3. The first-order chi connectivity index (χ1) is 7.90. The Kier molecular flexibility index (Phi) is 3.64. The monoisotopic (exact) mass is 216 g/mol. The molecule has 4 nitrogen and oxygen atoms in total. The fraction of sp³-hybridized carbons (Fsp3) is 0.417. The number of rotatable bonds is 5. The van der Waals surface area contributed by atoms with Crippen molar-refractivity contribution in [2.24, 2.45) is 0 Å². The van der Waals surface area contributed by atoms with Crippen LogP contribution in [0.5, 0.6) is 0 Å². The third kappa shape index (κ3) is 2.66. The normalized spacial score (nSPS) is 10.6. The van der Waals surface area contributed by atoms with Crippen molar-refractivity contribution in [2.45, 2.75) is 32.7 Å². The van der Waals surface area contributed by atoms with Crippen molar-refractivity contribution in [1.29, 1.82) is 0 Å². The Labute approximate surface area is 95.3 Å². The molecule has 0 aliphatic rings. The Morgan fingerprint density at radius 3 is 2.69 bits per heavy atom. The Morgan fingerprint density at radius 1 is 1.12 bits per heavy atom. The highest BCUT2D eigenvalue weighted by molar-refractivity contribution is 5.15. The summed E-state index contributed by atoms with van der Waals surface area (Å²) in [5.41, 5.74) is 1.33. The van der Waals surface area contributed by atoms with E-state index in [4.69, 9.17) is 0 Å². The zero-order chi connectivity index (χ0) is 11.2. The van der Waals surface area contributed by atoms with Crippen LogP contribution in [-0.2, 0) is 19.4 Å². The first-order valence-electron chi connectivity index (χ1n) is 5.69. The minimum Gasteiger partial charge on any atom is -0.230 e. The topological polar surface area (TPSA) is 43.6 Å². The highest BCUT2D eigenvalue weighted by Crippen LogP contribution is 2.04. The first-order valence-corrected chi connectivity index (χ1v) is 5.69. The molecule has 2 aromatic rings. The second-order valence-corrected chi connectivity index (χ2v) is 3.80. The molecule has 0 radical (unpaired) electrons. The zero-order valence-corrected chi connectivity index (χ0v) is 9.50. The van der Waals surface area contributed by atoms with Crippen LogP contribution in [0, 0.1) is 0 Å². The van der Waals surface area contributed by atoms with E-state index in [2.05, 4.69) is 46.7 Å². The fourth-order valence-corrected chi connectivity index (χ4v) is 1.69. The van der Waals surface area contributed by atoms with Gasteiger partial charge in [-0.05, 0) is 28.8 Å². The largest absolute Gasteiger partial charge is 0.230 e. The van der Waals surface area contributed by atoms with Gasteiger partial charge in [-0.2, -0.15) is 0 Å². The van der Waals surface area contributed by atoms with E-state index in [9.17, 15) is 0 Å². The van der Waals surface area contributed by atoms with E-state index in [1.807, 2.05) is 10.7 Å². The van der Waals surface area contributed by atoms with Crippen LogP contribution in [0.3, 0.4) is 0 Å². The van der Waals surface area contributed by atoms with Crippen LogP contribution in [0.4, 0.5) is 0 Å². The summed E-state index contributed by atoms with van der Waals surface area (Å²) in [7, 11) is 0. The van der Waals surface area contributed by atoms with Gasteiger partial charge in [-0.25, -0.2) is 4.68 Å². The molecule has 0 atom stereocenters. The number of tetrazole rings is 1. The maximum Gasteiger partial charge on any atom is 0.151 e. The van der Waals surface area contributed by atoms with Gasteiger partial charge in [0.1, 0.15) is 0 Å². The van der Waals surface area contributed by atoms with E-state index in [0.29, 0.717) is 0 Å². The molecule has 4 heteroatoms. The minimum atomic E-state index is 0.900. The van der Waals surface area contributed by atoms with Gasteiger partial charge in [-0.3, -0.25) is 0 Å². The average molecular weight is 216 g/mol. The van der Waals surface area contributed by atoms with E-state index in [1.165, 1.54) is 5.56 Å². The molecule has 0 saturated carbocycles. The average Bonchev–Trinajstić information content (AvgIpc) is 2.76. The van der Waals surface area contributed by atoms with E-state index < -0.39 is 0 Å². The van der Waals surface area contributed by atoms with Crippen molar-refractivity contribution in [2.75, 3.05) is 0 Å². The summed E-state index contributed by atoms with van der Waals surface area (Å²) >= 11 is 0. The van der Waals surface area contributed by atoms with Gasteiger partial charge in [0.05, 0.1) is 0 Å². The van der Waals surface area contributed by atoms with E-state index in [-0.39, 0.29) is 0 Å². The van der Waals surface area contributed by atoms with E-state index >= 15 is 0 Å². The molecule has 0 aliphatic heterocycles. The lowest BCUT2D eigenvalue weighted by molar-refractivity contribution is 0.553. The quantitative estimate of drug-likeness (QED) is 0.766. The number of nitrogens with zero attached hydrogens (tertiary/aromatic N) is 4. The number of hydrogen-bond donors (Lipinski definition) is 0. The summed E-state index contributed by atoms with van der Waals surface area (Å²) in [5.74, 6) is 0.978. The highest BCUT2D eigenvalue weighted by Gasteiger charge is 2.04. The zero-order valence-electron chi connectivity index (χ0n) is 9.50. The predicted octanol–water partition coefficient (Wildman–Crippen LogP) is 1.87. The van der Waals surface area contributed by atoms with Crippen LogP contribution in [-0.4, -0.2) is 20.2 Å². The molecule has 0 amide bonds. The lowest BCUT2D eigenvalue weighted by Gasteiger charge is -2.02. The van der Waals surface area contributed by atoms with Gasteiger partial charge in [0.25, 0.3) is 0 Å². The molecule has 1 aromatic heterocycles. The SMILES string of the molecule is CCCn1nnnc1CCc1ccccc1. The van der Waals surface area contributed by atoms with Crippen LogP contribution < -0.4 is 0 Å². The van der Waals surface area contributed by atoms with Crippen molar-refractivity contribution in [3.05, 3.63) is 41.7 Å². The maximum atomic E-state index is 4.05. The van der Waals surface area contributed by atoms with Gasteiger partial charge in [0.2, 0.25) is 0 Å². The van der Waals surface area contributed by atoms with E-state index in [1.54, 1.807) is 0 Å². The van der Waals surface area contributed by atoms with Gasteiger partial charge in [0, 0.05) is 13.0 Å². The van der Waals surface area contributed by atoms with Crippen LogP contribution in [0.2, 0.25) is 0 Å². The van der Waals surface area contributed by atoms with Gasteiger partial charge < -0.3 is 0 Å². The molecule has 84 valence electrons. The first kappa shape index (κ1) is 10.8. The number of benzene rings is 1. The number of hydrogen-bond acceptors (Lipinski definition) is 3. The molecule has 0 N–H and O–H groups in total. The van der Waals surface area contributed by atoms with Gasteiger partial charge >= 0.3 is 0 Å². The fourth-order valence-electron chi connectivity index (χ4n) is 1.69. The highest BCUT2D eigenvalue weighted by atomic mass is 15.5. The lowest BCUT2D eigenvalue weighted by Crippen LogP contribution is -2.06. The van der Waals surface area contributed by atoms with Crippen molar-refractivity contribution in [3.8, 4) is 0 Å². The summed E-state index contributed by atoms with van der Waals surface area (Å²) in [6.45, 7) is 3.03. The second kappa shape index (κ2) is 5.39. The van der Waals surface area contributed by atoms with Crippen LogP contribution in [0.1, 0.15) is 24.7 Å². The Balaban J connectivity index is 1.97. The lowest BCUT2D eigenvalue weighted by atomic mass is 10.1. The summed E-state index contributed by atoms with van der Waals surface area (Å²) in [5, 5.41) is 11.7. The van der Waals surface area contributed by atoms with Crippen molar-refractivity contribution >= 4 is 0 Å². The molecule has 16 heavy (non-hydrogen) atoms. The summed E-state index contributed by atoms with van der Waals surface area (Å²) in [4.78, 5) is 0. The molecular weight excluding hydrogens is 200 g/mol. The molecule has 0 saturated heterocycles. The van der Waals surface area contributed by atoms with Crippen molar-refractivity contribution < 1.29 is 0 Å². The van der Waals surface area contributed by atoms with Crippen LogP contribution >= 0.6 is 0 Å². The molecule has 0 fully saturated rings. The molecule has 0 unspecified atom stereocenters. The van der Waals surface area contributed by atoms with Crippen molar-refractivity contribution in [3.63, 3.8) is 0 Å². The summed E-state index contributed by atoms with van der Waals surface area (Å²) in [6, 6.07) is 10.4. The number of aromatic nitrogens is 4. The Bertz CT molecular complexity index is 422. The third-order valence-corrected chi connectivity index (χ3v) is 2.52. The van der Waals surface area contributed by atoms with Gasteiger partial charge in [-0.15, -0.1) is 5.10 Å². The van der Waals surface area contributed by atoms with Crippen molar-refractivity contribution in [1.82, 2.24) is 20.2 Å². The van der Waals surface area contributed by atoms with Gasteiger partial charge in [-0.1, -0.05) is 37.3 Å². The maximum absolute atomic E-state index is 4.05. The summed E-state index contributed by atoms with van der Waals surface area (Å²) < 4.78 is 1.89. The molecule has 1 aromatic carbocycles. The molecule has 0 aliphatic carbocycles. The smallest absolute Gasteiger partial charge is 0.151 e. The molecule has 0 spiro atoms. The predicted molar refractivity (Wildman–Crippen MR) is 62.0 cm³/mol. The van der Waals surface area contributed by atoms with Crippen LogP contribution in [0.25, 0.3) is 0 Å². The third-order valence-electron chi connectivity index (χ3n) is 2.52. The van der Waals surface area contributed by atoms with E-state index in [0.717, 1.165) is 31.6 Å². The molecule has 2 rings (SSSR count). The second-order valence-electron chi connectivity index (χ2n) is 3.80. The Hall–Kier alpha value is -1.71. The minimum absolute atomic E-state index is 0.900.